The van der Waals surface area contributed by atoms with Crippen molar-refractivity contribution >= 4 is 15.9 Å². The van der Waals surface area contributed by atoms with E-state index in [1.807, 2.05) is 12.1 Å². The van der Waals surface area contributed by atoms with Crippen molar-refractivity contribution in [2.75, 3.05) is 47.3 Å². The molecule has 0 bridgehead atoms. The van der Waals surface area contributed by atoms with Gasteiger partial charge in [0, 0.05) is 25.7 Å². The first-order valence-corrected chi connectivity index (χ1v) is 12.2. The molecule has 0 unspecified atom stereocenters. The molecule has 2 aromatic carbocycles. The van der Waals surface area contributed by atoms with Crippen LogP contribution in [0.25, 0.3) is 0 Å². The van der Waals surface area contributed by atoms with Crippen LogP contribution < -0.4 is 24.3 Å². The van der Waals surface area contributed by atoms with E-state index in [1.54, 1.807) is 32.4 Å². The van der Waals surface area contributed by atoms with Crippen molar-refractivity contribution in [3.8, 4) is 23.0 Å². The number of benzene rings is 2. The van der Waals surface area contributed by atoms with Crippen LogP contribution in [-0.4, -0.2) is 65.9 Å². The Morgan fingerprint density at radius 2 is 1.61 bits per heavy atom. The van der Waals surface area contributed by atoms with E-state index in [2.05, 4.69) is 5.32 Å². The Labute approximate surface area is 194 Å². The zero-order valence-electron chi connectivity index (χ0n) is 19.3. The number of nitrogens with one attached hydrogen (secondary N) is 1. The monoisotopic (exact) mass is 478 g/mol. The number of amides is 1. The molecule has 180 valence electrons. The fourth-order valence-corrected chi connectivity index (χ4v) is 5.23. The number of carbonyl (C=O) groups is 1. The van der Waals surface area contributed by atoms with Crippen molar-refractivity contribution < 1.29 is 32.2 Å². The van der Waals surface area contributed by atoms with E-state index >= 15 is 0 Å². The fourth-order valence-electron chi connectivity index (χ4n) is 3.76. The van der Waals surface area contributed by atoms with Crippen LogP contribution in [0.1, 0.15) is 27.9 Å². The molecule has 0 aromatic heterocycles. The molecule has 1 amide bonds. The summed E-state index contributed by atoms with van der Waals surface area (Å²) in [6.45, 7) is 0.913. The van der Waals surface area contributed by atoms with Gasteiger partial charge in [-0.2, -0.15) is 4.31 Å². The third kappa shape index (κ3) is 5.69. The third-order valence-electron chi connectivity index (χ3n) is 5.59. The lowest BCUT2D eigenvalue weighted by Gasteiger charge is -2.29. The molecular formula is C23H30N2O7S. The Morgan fingerprint density at radius 1 is 0.939 bits per heavy atom. The summed E-state index contributed by atoms with van der Waals surface area (Å²) in [5.41, 5.74) is 2.32. The van der Waals surface area contributed by atoms with Gasteiger partial charge in [-0.25, -0.2) is 8.42 Å². The second-order valence-corrected chi connectivity index (χ2v) is 9.64. The number of carbonyl (C=O) groups excluding carboxylic acids is 1. The van der Waals surface area contributed by atoms with E-state index in [9.17, 15) is 13.2 Å². The normalized spacial score (nSPS) is 13.7. The smallest absolute Gasteiger partial charge is 0.255 e. The van der Waals surface area contributed by atoms with E-state index in [0.29, 0.717) is 47.9 Å². The SMILES string of the molecule is COc1ccc(C(=O)NCCCS(=O)(=O)N2CCc3cc(OC)c(OC)cc3C2)c(OC)c1. The number of hydrogen-bond donors (Lipinski definition) is 1. The maximum absolute atomic E-state index is 12.9. The molecule has 0 spiro atoms. The Balaban J connectivity index is 1.56. The predicted octanol–water partition coefficient (Wildman–Crippen LogP) is 2.23. The second kappa shape index (κ2) is 10.8. The highest BCUT2D eigenvalue weighted by atomic mass is 32.2. The van der Waals surface area contributed by atoms with Crippen LogP contribution >= 0.6 is 0 Å². The topological polar surface area (TPSA) is 103 Å². The number of methoxy groups -OCH3 is 4. The zero-order valence-corrected chi connectivity index (χ0v) is 20.2. The van der Waals surface area contributed by atoms with Crippen LogP contribution in [-0.2, 0) is 23.0 Å². The quantitative estimate of drug-likeness (QED) is 0.522. The number of fused-ring (bicyclic) bond motifs is 1. The van der Waals surface area contributed by atoms with E-state index in [-0.39, 0.29) is 24.7 Å². The van der Waals surface area contributed by atoms with Crippen molar-refractivity contribution in [3.05, 3.63) is 47.0 Å². The van der Waals surface area contributed by atoms with Crippen LogP contribution in [0.5, 0.6) is 23.0 Å². The molecule has 10 heteroatoms. The van der Waals surface area contributed by atoms with Crippen molar-refractivity contribution in [1.82, 2.24) is 9.62 Å². The van der Waals surface area contributed by atoms with Crippen molar-refractivity contribution in [3.63, 3.8) is 0 Å². The van der Waals surface area contributed by atoms with Crippen LogP contribution in [0.3, 0.4) is 0 Å². The first-order chi connectivity index (χ1) is 15.8. The first kappa shape index (κ1) is 24.7. The minimum Gasteiger partial charge on any atom is -0.497 e. The molecule has 0 aliphatic carbocycles. The van der Waals surface area contributed by atoms with Gasteiger partial charge in [-0.1, -0.05) is 0 Å². The highest BCUT2D eigenvalue weighted by Gasteiger charge is 2.27. The average molecular weight is 479 g/mol. The lowest BCUT2D eigenvalue weighted by molar-refractivity contribution is 0.0950. The lowest BCUT2D eigenvalue weighted by Crippen LogP contribution is -2.38. The molecule has 1 N–H and O–H groups in total. The summed E-state index contributed by atoms with van der Waals surface area (Å²) in [6.07, 6.45) is 0.894. The van der Waals surface area contributed by atoms with Gasteiger partial charge in [0.2, 0.25) is 10.0 Å². The standard InChI is InChI=1S/C23H30N2O7S/c1-29-18-6-7-19(20(14-18)30-2)23(26)24-9-5-11-33(27,28)25-10-8-16-12-21(31-3)22(32-4)13-17(16)15-25/h6-7,12-14H,5,8-11,15H2,1-4H3,(H,24,26). The zero-order chi connectivity index (χ0) is 24.0. The fraction of sp³-hybridized carbons (Fsp3) is 0.435. The predicted molar refractivity (Wildman–Crippen MR) is 124 cm³/mol. The van der Waals surface area contributed by atoms with Crippen LogP contribution in [0, 0.1) is 0 Å². The van der Waals surface area contributed by atoms with Gasteiger partial charge in [0.25, 0.3) is 5.91 Å². The van der Waals surface area contributed by atoms with Gasteiger partial charge in [0.05, 0.1) is 39.8 Å². The summed E-state index contributed by atoms with van der Waals surface area (Å²) in [7, 11) is 2.66. The van der Waals surface area contributed by atoms with E-state index in [0.717, 1.165) is 11.1 Å². The largest absolute Gasteiger partial charge is 0.497 e. The van der Waals surface area contributed by atoms with Crippen LogP contribution in [0.4, 0.5) is 0 Å². The number of hydrogen-bond acceptors (Lipinski definition) is 7. The van der Waals surface area contributed by atoms with E-state index < -0.39 is 10.0 Å². The maximum Gasteiger partial charge on any atom is 0.255 e. The van der Waals surface area contributed by atoms with Gasteiger partial charge in [-0.15, -0.1) is 0 Å². The summed E-state index contributed by atoms with van der Waals surface area (Å²) >= 11 is 0. The molecule has 9 nitrogen and oxygen atoms in total. The Morgan fingerprint density at radius 3 is 2.24 bits per heavy atom. The van der Waals surface area contributed by atoms with Crippen molar-refractivity contribution in [1.29, 1.82) is 0 Å². The summed E-state index contributed by atoms with van der Waals surface area (Å²) in [6, 6.07) is 8.64. The minimum atomic E-state index is -3.48. The molecule has 3 rings (SSSR count). The highest BCUT2D eigenvalue weighted by molar-refractivity contribution is 7.89. The molecule has 0 atom stereocenters. The molecule has 0 saturated heterocycles. The Kier molecular flexibility index (Phi) is 8.04. The highest BCUT2D eigenvalue weighted by Crippen LogP contribution is 2.34. The summed E-state index contributed by atoms with van der Waals surface area (Å²) in [5.74, 6) is 1.78. The summed E-state index contributed by atoms with van der Waals surface area (Å²) in [4.78, 5) is 12.5. The number of ether oxygens (including phenoxy) is 4. The molecule has 0 radical (unpaired) electrons. The minimum absolute atomic E-state index is 0.0599. The molecular weight excluding hydrogens is 448 g/mol. The Hall–Kier alpha value is -2.98. The molecule has 0 saturated carbocycles. The van der Waals surface area contributed by atoms with Crippen LogP contribution in [0.2, 0.25) is 0 Å². The summed E-state index contributed by atoms with van der Waals surface area (Å²) in [5, 5.41) is 2.76. The van der Waals surface area contributed by atoms with Crippen LogP contribution in [0.15, 0.2) is 30.3 Å². The first-order valence-electron chi connectivity index (χ1n) is 10.5. The molecule has 33 heavy (non-hydrogen) atoms. The number of rotatable bonds is 10. The molecule has 0 fully saturated rings. The average Bonchev–Trinajstić information content (AvgIpc) is 2.84. The van der Waals surface area contributed by atoms with Gasteiger partial charge >= 0.3 is 0 Å². The molecule has 1 aliphatic rings. The lowest BCUT2D eigenvalue weighted by atomic mass is 10.0. The maximum atomic E-state index is 12.9. The number of nitrogens with zero attached hydrogens (tertiary/aromatic N) is 1. The van der Waals surface area contributed by atoms with Gasteiger partial charge in [0.15, 0.2) is 11.5 Å². The van der Waals surface area contributed by atoms with Gasteiger partial charge < -0.3 is 24.3 Å². The summed E-state index contributed by atoms with van der Waals surface area (Å²) < 4.78 is 48.3. The molecule has 2 aromatic rings. The van der Waals surface area contributed by atoms with Crippen molar-refractivity contribution in [2.45, 2.75) is 19.4 Å². The molecule has 1 aliphatic heterocycles. The van der Waals surface area contributed by atoms with E-state index in [1.165, 1.54) is 18.5 Å². The van der Waals surface area contributed by atoms with Gasteiger partial charge in [0.1, 0.15) is 11.5 Å². The second-order valence-electron chi connectivity index (χ2n) is 7.55. The molecule has 1 heterocycles. The van der Waals surface area contributed by atoms with E-state index in [4.69, 9.17) is 18.9 Å². The Bertz CT molecular complexity index is 1100. The third-order valence-corrected chi connectivity index (χ3v) is 7.50. The van der Waals surface area contributed by atoms with Gasteiger partial charge in [-0.05, 0) is 48.2 Å². The van der Waals surface area contributed by atoms with Crippen molar-refractivity contribution in [2.24, 2.45) is 0 Å². The number of sulfonamides is 1. The van der Waals surface area contributed by atoms with Gasteiger partial charge in [-0.3, -0.25) is 4.79 Å².